The monoisotopic (exact) mass is 537 g/mol. The van der Waals surface area contributed by atoms with Gasteiger partial charge in [0, 0.05) is 12.8 Å². The van der Waals surface area contributed by atoms with E-state index in [0.29, 0.717) is 0 Å². The predicted molar refractivity (Wildman–Crippen MR) is 118 cm³/mol. The van der Waals surface area contributed by atoms with Gasteiger partial charge in [-0.15, -0.1) is 0 Å². The molecule has 210 valence electrons. The van der Waals surface area contributed by atoms with Gasteiger partial charge in [-0.1, -0.05) is 0 Å². The number of carboxylic acids is 3. The van der Waals surface area contributed by atoms with E-state index >= 15 is 0 Å². The van der Waals surface area contributed by atoms with Gasteiger partial charge < -0.3 is 57.6 Å². The first-order valence-electron chi connectivity index (χ1n) is 10.7. The van der Waals surface area contributed by atoms with Crippen LogP contribution in [0.4, 0.5) is 0 Å². The number of nitrogens with one attached hydrogen (secondary N) is 4. The van der Waals surface area contributed by atoms with Crippen molar-refractivity contribution >= 4 is 41.5 Å². The molecule has 5 atom stereocenters. The number of aliphatic hydroxyl groups is 3. The van der Waals surface area contributed by atoms with Crippen molar-refractivity contribution in [3.63, 3.8) is 0 Å². The Morgan fingerprint density at radius 1 is 0.541 bits per heavy atom. The van der Waals surface area contributed by atoms with Gasteiger partial charge in [0.25, 0.3) is 0 Å². The van der Waals surface area contributed by atoms with E-state index in [1.807, 2.05) is 16.0 Å². The van der Waals surface area contributed by atoms with Crippen molar-refractivity contribution in [1.29, 1.82) is 0 Å². The van der Waals surface area contributed by atoms with Gasteiger partial charge in [-0.25, -0.2) is 4.79 Å². The van der Waals surface area contributed by atoms with Gasteiger partial charge in [0.2, 0.25) is 23.6 Å². The normalized spacial score (nSPS) is 14.7. The molecule has 4 amide bonds. The highest BCUT2D eigenvalue weighted by Gasteiger charge is 2.31. The smallest absolute Gasteiger partial charge is 0.326 e. The van der Waals surface area contributed by atoms with Crippen LogP contribution in [0.3, 0.4) is 0 Å². The van der Waals surface area contributed by atoms with E-state index in [4.69, 9.17) is 21.1 Å². The van der Waals surface area contributed by atoms with E-state index in [9.17, 15) is 48.9 Å². The van der Waals surface area contributed by atoms with Crippen LogP contribution in [0.25, 0.3) is 0 Å². The topological polar surface area (TPSA) is 315 Å². The fourth-order valence-electron chi connectivity index (χ4n) is 2.63. The summed E-state index contributed by atoms with van der Waals surface area (Å²) in [5.41, 5.74) is 5.29. The van der Waals surface area contributed by atoms with E-state index < -0.39 is 117 Å². The zero-order valence-electron chi connectivity index (χ0n) is 19.5. The Balaban J connectivity index is 5.48. The van der Waals surface area contributed by atoms with Crippen LogP contribution in [0, 0.1) is 0 Å². The molecule has 0 saturated carbocycles. The van der Waals surface area contributed by atoms with Crippen LogP contribution in [-0.4, -0.2) is 122 Å². The first-order valence-corrected chi connectivity index (χ1v) is 10.7. The van der Waals surface area contributed by atoms with Gasteiger partial charge in [-0.3, -0.25) is 28.8 Å². The molecule has 0 aromatic carbocycles. The van der Waals surface area contributed by atoms with E-state index in [1.54, 1.807) is 0 Å². The molecule has 0 aromatic heterocycles. The molecule has 0 aliphatic heterocycles. The SMILES string of the molecule is N[C@@H](CO)C(=O)N[C@@H](CO)C(=O)N[C@@H](CO)C(=O)N[C@@H](CCC(=O)O)C(=O)N[C@@H](CCC(=O)O)C(=O)O. The third-order valence-electron chi connectivity index (χ3n) is 4.71. The fraction of sp³-hybridized carbons (Fsp3) is 0.632. The van der Waals surface area contributed by atoms with Crippen molar-refractivity contribution in [3.8, 4) is 0 Å². The van der Waals surface area contributed by atoms with Crippen molar-refractivity contribution in [2.45, 2.75) is 55.9 Å². The second kappa shape index (κ2) is 16.7. The summed E-state index contributed by atoms with van der Waals surface area (Å²) in [6, 6.07) is -8.19. The summed E-state index contributed by atoms with van der Waals surface area (Å²) in [5, 5.41) is 62.6. The number of aliphatic carboxylic acids is 3. The lowest BCUT2D eigenvalue weighted by Gasteiger charge is -2.25. The summed E-state index contributed by atoms with van der Waals surface area (Å²) < 4.78 is 0. The van der Waals surface area contributed by atoms with Crippen molar-refractivity contribution < 1.29 is 64.2 Å². The van der Waals surface area contributed by atoms with Crippen LogP contribution >= 0.6 is 0 Å². The lowest BCUT2D eigenvalue weighted by Crippen LogP contribution is -2.60. The number of amides is 4. The summed E-state index contributed by atoms with van der Waals surface area (Å²) in [6.45, 7) is -2.79. The number of carbonyl (C=O) groups excluding carboxylic acids is 4. The second-order valence-corrected chi connectivity index (χ2v) is 7.60. The number of carbonyl (C=O) groups is 7. The van der Waals surface area contributed by atoms with Crippen LogP contribution in [-0.2, 0) is 33.6 Å². The number of aliphatic hydroxyl groups excluding tert-OH is 3. The average molecular weight is 537 g/mol. The molecule has 0 saturated heterocycles. The molecule has 0 aliphatic rings. The van der Waals surface area contributed by atoms with Gasteiger partial charge >= 0.3 is 17.9 Å². The minimum atomic E-state index is -1.77. The molecule has 0 spiro atoms. The third-order valence-corrected chi connectivity index (χ3v) is 4.71. The summed E-state index contributed by atoms with van der Waals surface area (Å²) >= 11 is 0. The molecule has 0 radical (unpaired) electrons. The maximum atomic E-state index is 12.6. The Morgan fingerprint density at radius 3 is 1.27 bits per heavy atom. The van der Waals surface area contributed by atoms with Crippen molar-refractivity contribution in [1.82, 2.24) is 21.3 Å². The maximum Gasteiger partial charge on any atom is 0.326 e. The Kier molecular flexibility index (Phi) is 15.0. The number of carboxylic acid groups (broad SMARTS) is 3. The second-order valence-electron chi connectivity index (χ2n) is 7.60. The van der Waals surface area contributed by atoms with E-state index in [-0.39, 0.29) is 0 Å². The van der Waals surface area contributed by atoms with Gasteiger partial charge in [-0.2, -0.15) is 0 Å². The zero-order chi connectivity index (χ0) is 28.7. The van der Waals surface area contributed by atoms with E-state index in [2.05, 4.69) is 5.32 Å². The van der Waals surface area contributed by atoms with Crippen LogP contribution in [0.15, 0.2) is 0 Å². The van der Waals surface area contributed by atoms with Crippen molar-refractivity contribution in [2.24, 2.45) is 5.73 Å². The van der Waals surface area contributed by atoms with Crippen LogP contribution in [0.5, 0.6) is 0 Å². The highest BCUT2D eigenvalue weighted by Crippen LogP contribution is 2.04. The minimum absolute atomic E-state index is 0.514. The number of rotatable bonds is 18. The Morgan fingerprint density at radius 2 is 0.892 bits per heavy atom. The largest absolute Gasteiger partial charge is 0.481 e. The highest BCUT2D eigenvalue weighted by atomic mass is 16.4. The lowest BCUT2D eigenvalue weighted by atomic mass is 10.1. The maximum absolute atomic E-state index is 12.6. The fourth-order valence-corrected chi connectivity index (χ4v) is 2.63. The Hall–Kier alpha value is -3.87. The zero-order valence-corrected chi connectivity index (χ0v) is 19.5. The van der Waals surface area contributed by atoms with E-state index in [1.165, 1.54) is 0 Å². The summed E-state index contributed by atoms with van der Waals surface area (Å²) in [4.78, 5) is 82.1. The average Bonchev–Trinajstić information content (AvgIpc) is 2.84. The molecule has 0 unspecified atom stereocenters. The van der Waals surface area contributed by atoms with Crippen LogP contribution in [0.2, 0.25) is 0 Å². The molecule has 0 bridgehead atoms. The molecule has 0 aromatic rings. The predicted octanol–water partition coefficient (Wildman–Crippen LogP) is -5.96. The highest BCUT2D eigenvalue weighted by molar-refractivity contribution is 5.95. The Bertz CT molecular complexity index is 852. The molecule has 0 heterocycles. The van der Waals surface area contributed by atoms with Crippen LogP contribution < -0.4 is 27.0 Å². The molecule has 0 rings (SSSR count). The summed E-state index contributed by atoms with van der Waals surface area (Å²) in [5.74, 6) is -8.86. The molecule has 12 N–H and O–H groups in total. The molecule has 18 heteroatoms. The number of hydrogen-bond acceptors (Lipinski definition) is 11. The number of hydrogen-bond donors (Lipinski definition) is 11. The first kappa shape index (κ1) is 33.1. The van der Waals surface area contributed by atoms with Crippen molar-refractivity contribution in [2.75, 3.05) is 19.8 Å². The number of nitrogens with two attached hydrogens (primary N) is 1. The third kappa shape index (κ3) is 12.6. The van der Waals surface area contributed by atoms with Crippen molar-refractivity contribution in [3.05, 3.63) is 0 Å². The molecular weight excluding hydrogens is 506 g/mol. The summed E-state index contributed by atoms with van der Waals surface area (Å²) in [6.07, 6.45) is -2.34. The summed E-state index contributed by atoms with van der Waals surface area (Å²) in [7, 11) is 0. The molecule has 0 aliphatic carbocycles. The molecule has 18 nitrogen and oxygen atoms in total. The van der Waals surface area contributed by atoms with Crippen LogP contribution in [0.1, 0.15) is 25.7 Å². The van der Waals surface area contributed by atoms with Gasteiger partial charge in [0.1, 0.15) is 30.2 Å². The standard InChI is InChI=1S/C19H31N5O13/c20-8(5-25)15(32)23-11(6-26)18(35)24-12(7-27)17(34)21-9(1-3-13(28)29)16(33)22-10(19(36)37)2-4-14(30)31/h8-12,25-27H,1-7,20H2,(H,21,34)(H,22,33)(H,23,32)(H,24,35)(H,28,29)(H,30,31)(H,36,37)/t8-,9-,10-,11-,12-/m0/s1. The quantitative estimate of drug-likeness (QED) is 0.0775. The van der Waals surface area contributed by atoms with Gasteiger partial charge in [-0.05, 0) is 12.8 Å². The Labute approximate surface area is 209 Å². The van der Waals surface area contributed by atoms with E-state index in [0.717, 1.165) is 0 Å². The minimum Gasteiger partial charge on any atom is -0.481 e. The van der Waals surface area contributed by atoms with Gasteiger partial charge in [0.05, 0.1) is 19.8 Å². The first-order chi connectivity index (χ1) is 17.3. The molecule has 0 fully saturated rings. The molecular formula is C19H31N5O13. The van der Waals surface area contributed by atoms with Gasteiger partial charge in [0.15, 0.2) is 0 Å². The molecule has 37 heavy (non-hydrogen) atoms. The lowest BCUT2D eigenvalue weighted by molar-refractivity contribution is -0.144.